The molecule has 138 valence electrons. The first-order valence-electron chi connectivity index (χ1n) is 7.48. The van der Waals surface area contributed by atoms with Gasteiger partial charge in [0.25, 0.3) is 5.91 Å². The highest BCUT2D eigenvalue weighted by Crippen LogP contribution is 2.36. The molecule has 2 aromatic carbocycles. The summed E-state index contributed by atoms with van der Waals surface area (Å²) in [5.41, 5.74) is 0.634. The molecule has 0 aliphatic carbocycles. The molecule has 27 heavy (non-hydrogen) atoms. The van der Waals surface area contributed by atoms with Gasteiger partial charge in [0.05, 0.1) is 22.6 Å². The van der Waals surface area contributed by atoms with Crippen LogP contribution in [0.25, 0.3) is 6.08 Å². The number of thiocarbonyl (C=S) groups is 1. The molecule has 5 nitrogen and oxygen atoms in total. The number of esters is 1. The zero-order chi connectivity index (χ0) is 19.6. The molecule has 0 unspecified atom stereocenters. The molecule has 3 rings (SSSR count). The number of rotatable bonds is 4. The Morgan fingerprint density at radius 2 is 2.04 bits per heavy atom. The molecule has 1 amide bonds. The van der Waals surface area contributed by atoms with Crippen LogP contribution >= 0.6 is 47.2 Å². The average molecular weight is 440 g/mol. The molecule has 0 aromatic heterocycles. The fourth-order valence-corrected chi connectivity index (χ4v) is 3.80. The summed E-state index contributed by atoms with van der Waals surface area (Å²) in [7, 11) is 1.45. The minimum atomic E-state index is -0.681. The van der Waals surface area contributed by atoms with Crippen LogP contribution in [0.2, 0.25) is 10.0 Å². The molecule has 0 bridgehead atoms. The van der Waals surface area contributed by atoms with Crippen LogP contribution < -0.4 is 14.8 Å². The van der Waals surface area contributed by atoms with Gasteiger partial charge in [0.15, 0.2) is 11.5 Å². The van der Waals surface area contributed by atoms with E-state index in [0.717, 1.165) is 11.8 Å². The third-order valence-corrected chi connectivity index (χ3v) is 5.21. The Balaban J connectivity index is 1.99. The van der Waals surface area contributed by atoms with E-state index in [1.807, 2.05) is 0 Å². The number of thioether (sulfide) groups is 1. The maximum atomic E-state index is 12.6. The number of nitrogens with one attached hydrogen (secondary N) is 1. The van der Waals surface area contributed by atoms with Gasteiger partial charge in [0.1, 0.15) is 4.32 Å². The Morgan fingerprint density at radius 3 is 2.67 bits per heavy atom. The van der Waals surface area contributed by atoms with Crippen molar-refractivity contribution in [3.63, 3.8) is 0 Å². The number of para-hydroxylation sites is 1. The largest absolute Gasteiger partial charge is 0.493 e. The summed E-state index contributed by atoms with van der Waals surface area (Å²) in [6, 6.07) is 9.51. The van der Waals surface area contributed by atoms with Crippen LogP contribution in [0.4, 0.5) is 0 Å². The quantitative estimate of drug-likeness (QED) is 0.322. The fourth-order valence-electron chi connectivity index (χ4n) is 2.28. The highest BCUT2D eigenvalue weighted by Gasteiger charge is 2.24. The van der Waals surface area contributed by atoms with Crippen LogP contribution in [-0.2, 0) is 4.79 Å². The zero-order valence-electron chi connectivity index (χ0n) is 13.7. The highest BCUT2D eigenvalue weighted by molar-refractivity contribution is 8.26. The minimum absolute atomic E-state index is 0.153. The van der Waals surface area contributed by atoms with Crippen molar-refractivity contribution in [3.8, 4) is 11.5 Å². The summed E-state index contributed by atoms with van der Waals surface area (Å²) < 4.78 is 11.2. The van der Waals surface area contributed by atoms with Gasteiger partial charge >= 0.3 is 5.97 Å². The SMILES string of the molecule is COc1cccc(/C=C2\SC(=S)NC2=O)c1OC(=O)c1ccc(Cl)cc1Cl. The fraction of sp³-hybridized carbons (Fsp3) is 0.0556. The maximum absolute atomic E-state index is 12.6. The molecule has 1 aliphatic rings. The lowest BCUT2D eigenvalue weighted by molar-refractivity contribution is -0.115. The lowest BCUT2D eigenvalue weighted by Gasteiger charge is -2.13. The number of ether oxygens (including phenoxy) is 2. The van der Waals surface area contributed by atoms with Crippen LogP contribution in [0.1, 0.15) is 15.9 Å². The van der Waals surface area contributed by atoms with E-state index in [2.05, 4.69) is 5.32 Å². The van der Waals surface area contributed by atoms with Crippen LogP contribution in [0.3, 0.4) is 0 Å². The Labute approximate surface area is 174 Å². The van der Waals surface area contributed by atoms with Gasteiger partial charge in [-0.2, -0.15) is 0 Å². The molecule has 1 N–H and O–H groups in total. The van der Waals surface area contributed by atoms with Crippen molar-refractivity contribution in [2.75, 3.05) is 7.11 Å². The van der Waals surface area contributed by atoms with E-state index in [0.29, 0.717) is 25.6 Å². The van der Waals surface area contributed by atoms with E-state index < -0.39 is 5.97 Å². The predicted octanol–water partition coefficient (Wildman–Crippen LogP) is 4.71. The number of methoxy groups -OCH3 is 1. The van der Waals surface area contributed by atoms with Gasteiger partial charge in [-0.25, -0.2) is 4.79 Å². The van der Waals surface area contributed by atoms with Gasteiger partial charge < -0.3 is 14.8 Å². The normalized spacial score (nSPS) is 15.0. The van der Waals surface area contributed by atoms with Crippen LogP contribution in [0.15, 0.2) is 41.3 Å². The Bertz CT molecular complexity index is 991. The summed E-state index contributed by atoms with van der Waals surface area (Å²) in [5.74, 6) is -0.505. The van der Waals surface area contributed by atoms with Gasteiger partial charge in [0, 0.05) is 10.6 Å². The van der Waals surface area contributed by atoms with Crippen molar-refractivity contribution >= 4 is 69.5 Å². The lowest BCUT2D eigenvalue weighted by atomic mass is 10.1. The number of amides is 1. The molecule has 9 heteroatoms. The van der Waals surface area contributed by atoms with Crippen molar-refractivity contribution in [3.05, 3.63) is 62.5 Å². The van der Waals surface area contributed by atoms with Gasteiger partial charge in [-0.3, -0.25) is 4.79 Å². The zero-order valence-corrected chi connectivity index (χ0v) is 16.9. The Kier molecular flexibility index (Phi) is 6.06. The smallest absolute Gasteiger partial charge is 0.345 e. The van der Waals surface area contributed by atoms with Crippen molar-refractivity contribution in [2.45, 2.75) is 0 Å². The van der Waals surface area contributed by atoms with Gasteiger partial charge in [-0.05, 0) is 30.3 Å². The molecular weight excluding hydrogens is 429 g/mol. The van der Waals surface area contributed by atoms with Crippen molar-refractivity contribution in [2.24, 2.45) is 0 Å². The van der Waals surface area contributed by atoms with Crippen LogP contribution in [-0.4, -0.2) is 23.3 Å². The number of hydrogen-bond donors (Lipinski definition) is 1. The van der Waals surface area contributed by atoms with Crippen LogP contribution in [0, 0.1) is 0 Å². The number of carbonyl (C=O) groups is 2. The first kappa shape index (κ1) is 19.7. The third kappa shape index (κ3) is 4.44. The van der Waals surface area contributed by atoms with E-state index >= 15 is 0 Å². The number of halogens is 2. The molecule has 1 fully saturated rings. The van der Waals surface area contributed by atoms with Crippen molar-refractivity contribution in [1.29, 1.82) is 0 Å². The summed E-state index contributed by atoms with van der Waals surface area (Å²) in [4.78, 5) is 24.9. The van der Waals surface area contributed by atoms with Crippen LogP contribution in [0.5, 0.6) is 11.5 Å². The first-order valence-corrected chi connectivity index (χ1v) is 9.46. The molecular formula is C18H11Cl2NO4S2. The summed E-state index contributed by atoms with van der Waals surface area (Å²) in [5, 5.41) is 3.10. The second-order valence-electron chi connectivity index (χ2n) is 5.24. The summed E-state index contributed by atoms with van der Waals surface area (Å²) >= 11 is 18.0. The van der Waals surface area contributed by atoms with Gasteiger partial charge in [-0.1, -0.05) is 59.3 Å². The number of hydrogen-bond acceptors (Lipinski definition) is 6. The molecule has 1 aliphatic heterocycles. The lowest BCUT2D eigenvalue weighted by Crippen LogP contribution is -2.17. The summed E-state index contributed by atoms with van der Waals surface area (Å²) in [6.07, 6.45) is 1.58. The maximum Gasteiger partial charge on any atom is 0.345 e. The molecule has 0 radical (unpaired) electrons. The molecule has 1 heterocycles. The average Bonchev–Trinajstić information content (AvgIpc) is 2.93. The highest BCUT2D eigenvalue weighted by atomic mass is 35.5. The van der Waals surface area contributed by atoms with E-state index in [-0.39, 0.29) is 22.2 Å². The first-order chi connectivity index (χ1) is 12.9. The second-order valence-corrected chi connectivity index (χ2v) is 7.81. The Hall–Kier alpha value is -2.06. The molecule has 1 saturated heterocycles. The third-order valence-electron chi connectivity index (χ3n) is 3.50. The Morgan fingerprint density at radius 1 is 1.26 bits per heavy atom. The predicted molar refractivity (Wildman–Crippen MR) is 111 cm³/mol. The van der Waals surface area contributed by atoms with E-state index in [1.54, 1.807) is 24.3 Å². The topological polar surface area (TPSA) is 64.6 Å². The van der Waals surface area contributed by atoms with E-state index in [9.17, 15) is 9.59 Å². The number of carbonyl (C=O) groups excluding carboxylic acids is 2. The second kappa shape index (κ2) is 8.31. The van der Waals surface area contributed by atoms with Gasteiger partial charge in [-0.15, -0.1) is 0 Å². The number of benzene rings is 2. The van der Waals surface area contributed by atoms with Crippen molar-refractivity contribution in [1.82, 2.24) is 5.32 Å². The standard InChI is InChI=1S/C18H11Cl2NO4S2/c1-24-13-4-2-3-9(7-14-16(22)21-18(26)27-14)15(13)25-17(23)11-6-5-10(19)8-12(11)20/h2-8H,1H3,(H,21,22,26)/b14-7-. The molecule has 2 aromatic rings. The molecule has 0 saturated carbocycles. The summed E-state index contributed by atoms with van der Waals surface area (Å²) in [6.45, 7) is 0. The monoisotopic (exact) mass is 439 g/mol. The molecule has 0 spiro atoms. The van der Waals surface area contributed by atoms with E-state index in [1.165, 1.54) is 25.3 Å². The van der Waals surface area contributed by atoms with Gasteiger partial charge in [0.2, 0.25) is 0 Å². The molecule has 0 atom stereocenters. The van der Waals surface area contributed by atoms with Crippen molar-refractivity contribution < 1.29 is 19.1 Å². The minimum Gasteiger partial charge on any atom is -0.493 e. The van der Waals surface area contributed by atoms with E-state index in [4.69, 9.17) is 44.9 Å².